The summed E-state index contributed by atoms with van der Waals surface area (Å²) >= 11 is 0. The van der Waals surface area contributed by atoms with Crippen molar-refractivity contribution >= 4 is 32.6 Å². The number of nitriles is 1. The fourth-order valence-corrected chi connectivity index (χ4v) is 8.12. The second-order valence-electron chi connectivity index (χ2n) is 14.0. The molecule has 2 heterocycles. The Bertz CT molecular complexity index is 2880. The Balaban J connectivity index is 1.23. The zero-order valence-corrected chi connectivity index (χ0v) is 28.7. The van der Waals surface area contributed by atoms with E-state index in [1.807, 2.05) is 72.8 Å². The van der Waals surface area contributed by atoms with Crippen LogP contribution in [0, 0.1) is 11.3 Å². The minimum Gasteiger partial charge on any atom is -0.309 e. The predicted octanol–water partition coefficient (Wildman–Crippen LogP) is 11.3. The molecule has 52 heavy (non-hydrogen) atoms. The summed E-state index contributed by atoms with van der Waals surface area (Å²) in [5.41, 5.74) is 11.2. The third kappa shape index (κ3) is 4.51. The smallest absolute Gasteiger partial charge is 0.164 e. The van der Waals surface area contributed by atoms with Gasteiger partial charge in [0.05, 0.1) is 22.7 Å². The van der Waals surface area contributed by atoms with Crippen LogP contribution in [0.25, 0.3) is 83.6 Å². The number of aromatic nitrogens is 4. The van der Waals surface area contributed by atoms with Crippen molar-refractivity contribution in [3.63, 3.8) is 0 Å². The van der Waals surface area contributed by atoms with E-state index < -0.39 is 0 Å². The molecule has 0 radical (unpaired) electrons. The van der Waals surface area contributed by atoms with Crippen molar-refractivity contribution in [1.82, 2.24) is 19.5 Å². The fourth-order valence-electron chi connectivity index (χ4n) is 8.12. The Morgan fingerprint density at radius 2 is 1.13 bits per heavy atom. The van der Waals surface area contributed by atoms with E-state index in [1.54, 1.807) is 0 Å². The molecular weight excluding hydrogens is 635 g/mol. The monoisotopic (exact) mass is 665 g/mol. The highest BCUT2D eigenvalue weighted by atomic mass is 15.0. The standard InChI is InChI=1S/C47H31N5/c1-47(2)39-22-21-30-13-9-10-18-35(30)43(39)38-26-37-36-19-11-12-20-41(36)52(42(37)27-40(38)47)34-24-29(28-48)23-33(25-34)46-50-44(31-14-5-3-6-15-31)49-45(51-46)32-16-7-4-8-17-32/h3-27H,1-2H3. The van der Waals surface area contributed by atoms with Crippen molar-refractivity contribution < 1.29 is 0 Å². The van der Waals surface area contributed by atoms with E-state index in [9.17, 15) is 5.26 Å². The van der Waals surface area contributed by atoms with E-state index in [-0.39, 0.29) is 5.41 Å². The summed E-state index contributed by atoms with van der Waals surface area (Å²) in [5, 5.41) is 15.3. The predicted molar refractivity (Wildman–Crippen MR) is 210 cm³/mol. The maximum absolute atomic E-state index is 10.4. The Labute approximate surface area is 301 Å². The topological polar surface area (TPSA) is 67.4 Å². The lowest BCUT2D eigenvalue weighted by atomic mass is 9.82. The number of fused-ring (bicyclic) bond motifs is 8. The fraction of sp³-hybridized carbons (Fsp3) is 0.0638. The molecule has 5 heteroatoms. The van der Waals surface area contributed by atoms with Gasteiger partial charge in [-0.05, 0) is 69.4 Å². The Kier molecular flexibility index (Phi) is 6.52. The van der Waals surface area contributed by atoms with Gasteiger partial charge in [-0.1, -0.05) is 129 Å². The minimum atomic E-state index is -0.198. The van der Waals surface area contributed by atoms with Crippen LogP contribution in [0.1, 0.15) is 30.5 Å². The summed E-state index contributed by atoms with van der Waals surface area (Å²) in [7, 11) is 0. The van der Waals surface area contributed by atoms with Crippen LogP contribution >= 0.6 is 0 Å². The van der Waals surface area contributed by atoms with Gasteiger partial charge in [0.15, 0.2) is 17.5 Å². The molecule has 2 aromatic heterocycles. The quantitative estimate of drug-likeness (QED) is 0.188. The van der Waals surface area contributed by atoms with Gasteiger partial charge >= 0.3 is 0 Å². The number of rotatable bonds is 4. The maximum atomic E-state index is 10.4. The molecule has 1 aliphatic rings. The molecule has 0 unspecified atom stereocenters. The zero-order chi connectivity index (χ0) is 35.0. The average Bonchev–Trinajstić information content (AvgIpc) is 3.65. The first-order chi connectivity index (χ1) is 25.5. The van der Waals surface area contributed by atoms with Crippen LogP contribution in [0.2, 0.25) is 0 Å². The van der Waals surface area contributed by atoms with Crippen LogP contribution in [0.5, 0.6) is 0 Å². The SMILES string of the molecule is CC1(C)c2cc3c(cc2-c2c1ccc1ccccc21)c1ccccc1n3-c1cc(C#N)cc(-c2nc(-c3ccccc3)nc(-c3ccccc3)n2)c1. The van der Waals surface area contributed by atoms with Gasteiger partial charge in [0.2, 0.25) is 0 Å². The summed E-state index contributed by atoms with van der Waals surface area (Å²) < 4.78 is 2.30. The van der Waals surface area contributed by atoms with Gasteiger partial charge in [-0.15, -0.1) is 0 Å². The largest absolute Gasteiger partial charge is 0.309 e. The number of para-hydroxylation sites is 1. The molecule has 0 amide bonds. The molecule has 0 bridgehead atoms. The lowest BCUT2D eigenvalue weighted by Gasteiger charge is -2.22. The van der Waals surface area contributed by atoms with Gasteiger partial charge in [-0.2, -0.15) is 5.26 Å². The second-order valence-corrected chi connectivity index (χ2v) is 14.0. The van der Waals surface area contributed by atoms with Crippen LogP contribution < -0.4 is 0 Å². The van der Waals surface area contributed by atoms with Crippen molar-refractivity contribution in [1.29, 1.82) is 5.26 Å². The van der Waals surface area contributed by atoms with Gasteiger partial charge < -0.3 is 4.57 Å². The van der Waals surface area contributed by atoms with Crippen molar-refractivity contribution in [2.75, 3.05) is 0 Å². The third-order valence-electron chi connectivity index (χ3n) is 10.6. The zero-order valence-electron chi connectivity index (χ0n) is 28.7. The van der Waals surface area contributed by atoms with Gasteiger partial charge in [-0.25, -0.2) is 15.0 Å². The molecular formula is C47H31N5. The average molecular weight is 666 g/mol. The van der Waals surface area contributed by atoms with E-state index in [2.05, 4.69) is 103 Å². The molecule has 7 aromatic carbocycles. The first-order valence-corrected chi connectivity index (χ1v) is 17.5. The highest BCUT2D eigenvalue weighted by Gasteiger charge is 2.37. The van der Waals surface area contributed by atoms with E-state index in [0.29, 0.717) is 23.0 Å². The molecule has 0 saturated carbocycles. The van der Waals surface area contributed by atoms with Crippen LogP contribution in [0.4, 0.5) is 0 Å². The normalized spacial score (nSPS) is 12.9. The molecule has 0 aliphatic heterocycles. The number of hydrogen-bond donors (Lipinski definition) is 0. The Morgan fingerprint density at radius 1 is 0.519 bits per heavy atom. The highest BCUT2D eigenvalue weighted by molar-refractivity contribution is 6.13. The highest BCUT2D eigenvalue weighted by Crippen LogP contribution is 2.53. The second kappa shape index (κ2) is 11.3. The Morgan fingerprint density at radius 3 is 1.83 bits per heavy atom. The Hall–Kier alpha value is -6.90. The lowest BCUT2D eigenvalue weighted by Crippen LogP contribution is -2.15. The van der Waals surface area contributed by atoms with Crippen LogP contribution in [-0.4, -0.2) is 19.5 Å². The van der Waals surface area contributed by atoms with Gasteiger partial charge in [0.1, 0.15) is 0 Å². The molecule has 10 rings (SSSR count). The van der Waals surface area contributed by atoms with Crippen molar-refractivity contribution in [2.45, 2.75) is 19.3 Å². The molecule has 0 N–H and O–H groups in total. The molecule has 1 aliphatic carbocycles. The van der Waals surface area contributed by atoms with Crippen LogP contribution in [-0.2, 0) is 5.41 Å². The molecule has 5 nitrogen and oxygen atoms in total. The number of nitrogens with zero attached hydrogens (tertiary/aromatic N) is 5. The number of benzene rings is 7. The van der Waals surface area contributed by atoms with Crippen molar-refractivity contribution in [3.05, 3.63) is 168 Å². The van der Waals surface area contributed by atoms with E-state index >= 15 is 0 Å². The minimum absolute atomic E-state index is 0.198. The van der Waals surface area contributed by atoms with Crippen molar-refractivity contribution in [3.8, 4) is 57.0 Å². The maximum Gasteiger partial charge on any atom is 0.164 e. The molecule has 0 saturated heterocycles. The van der Waals surface area contributed by atoms with Crippen LogP contribution in [0.3, 0.4) is 0 Å². The van der Waals surface area contributed by atoms with Crippen LogP contribution in [0.15, 0.2) is 152 Å². The molecule has 0 spiro atoms. The molecule has 244 valence electrons. The summed E-state index contributed by atoms with van der Waals surface area (Å²) in [4.78, 5) is 14.9. The molecule has 0 atom stereocenters. The van der Waals surface area contributed by atoms with E-state index in [0.717, 1.165) is 38.8 Å². The first kappa shape index (κ1) is 30.0. The molecule has 0 fully saturated rings. The summed E-state index contributed by atoms with van der Waals surface area (Å²) in [6.07, 6.45) is 0. The summed E-state index contributed by atoms with van der Waals surface area (Å²) in [6.45, 7) is 4.66. The van der Waals surface area contributed by atoms with Crippen molar-refractivity contribution in [2.24, 2.45) is 0 Å². The van der Waals surface area contributed by atoms with Gasteiger partial charge in [-0.3, -0.25) is 0 Å². The van der Waals surface area contributed by atoms with Gasteiger partial charge in [0, 0.05) is 38.6 Å². The third-order valence-corrected chi connectivity index (χ3v) is 10.6. The first-order valence-electron chi connectivity index (χ1n) is 17.5. The number of hydrogen-bond acceptors (Lipinski definition) is 4. The lowest BCUT2D eigenvalue weighted by molar-refractivity contribution is 0.661. The molecule has 9 aromatic rings. The van der Waals surface area contributed by atoms with E-state index in [4.69, 9.17) is 15.0 Å². The summed E-state index contributed by atoms with van der Waals surface area (Å²) in [6, 6.07) is 54.8. The van der Waals surface area contributed by atoms with E-state index in [1.165, 1.54) is 38.4 Å². The summed E-state index contributed by atoms with van der Waals surface area (Å²) in [5.74, 6) is 1.67. The van der Waals surface area contributed by atoms with Gasteiger partial charge in [0.25, 0.3) is 0 Å².